The van der Waals surface area contributed by atoms with Crippen molar-refractivity contribution >= 4 is 21.7 Å². The number of methoxy groups -OCH3 is 1. The number of ketones is 1. The molecule has 0 spiro atoms. The lowest BCUT2D eigenvalue weighted by atomic mass is 9.96. The Bertz CT molecular complexity index is 421. The summed E-state index contributed by atoms with van der Waals surface area (Å²) in [4.78, 5) is 11.1. The summed E-state index contributed by atoms with van der Waals surface area (Å²) in [5.74, 6) is 1.19. The zero-order valence-electron chi connectivity index (χ0n) is 10.4. The Morgan fingerprint density at radius 1 is 1.33 bits per heavy atom. The second-order valence-corrected chi connectivity index (χ2v) is 5.36. The lowest BCUT2D eigenvalue weighted by Crippen LogP contribution is -2.21. The van der Waals surface area contributed by atoms with E-state index in [1.165, 1.54) is 0 Å². The third-order valence-electron chi connectivity index (χ3n) is 3.22. The van der Waals surface area contributed by atoms with Crippen LogP contribution in [0.15, 0.2) is 22.7 Å². The molecular formula is C14H17BrO3. The zero-order valence-corrected chi connectivity index (χ0v) is 12.0. The monoisotopic (exact) mass is 312 g/mol. The van der Waals surface area contributed by atoms with Gasteiger partial charge in [0.05, 0.1) is 19.8 Å². The Labute approximate surface area is 116 Å². The largest absolute Gasteiger partial charge is 0.497 e. The van der Waals surface area contributed by atoms with Gasteiger partial charge < -0.3 is 9.47 Å². The first-order valence-corrected chi connectivity index (χ1v) is 6.94. The maximum atomic E-state index is 11.1. The van der Waals surface area contributed by atoms with Gasteiger partial charge in [0.25, 0.3) is 0 Å². The van der Waals surface area contributed by atoms with Gasteiger partial charge in [0.2, 0.25) is 0 Å². The average Bonchev–Trinajstić information content (AvgIpc) is 2.40. The summed E-state index contributed by atoms with van der Waals surface area (Å²) in [5, 5.41) is 0. The molecule has 0 aromatic heterocycles. The van der Waals surface area contributed by atoms with E-state index in [9.17, 15) is 4.79 Å². The second-order valence-electron chi connectivity index (χ2n) is 4.51. The van der Waals surface area contributed by atoms with Crippen molar-refractivity contribution in [2.75, 3.05) is 7.11 Å². The van der Waals surface area contributed by atoms with Crippen molar-refractivity contribution < 1.29 is 14.3 Å². The van der Waals surface area contributed by atoms with E-state index in [0.29, 0.717) is 25.2 Å². The molecule has 1 aliphatic carbocycles. The number of hydrogen-bond donors (Lipinski definition) is 0. The van der Waals surface area contributed by atoms with Gasteiger partial charge >= 0.3 is 0 Å². The Morgan fingerprint density at radius 2 is 2.06 bits per heavy atom. The van der Waals surface area contributed by atoms with E-state index in [2.05, 4.69) is 15.9 Å². The molecule has 0 unspecified atom stereocenters. The number of hydrogen-bond acceptors (Lipinski definition) is 3. The van der Waals surface area contributed by atoms with Crippen molar-refractivity contribution in [3.8, 4) is 5.75 Å². The minimum absolute atomic E-state index is 0.209. The van der Waals surface area contributed by atoms with E-state index in [1.54, 1.807) is 7.11 Å². The van der Waals surface area contributed by atoms with Crippen molar-refractivity contribution in [3.63, 3.8) is 0 Å². The molecule has 2 rings (SSSR count). The standard InChI is InChI=1S/C14H17BrO3/c1-17-13-6-7-14(15)10(8-13)9-18-12-4-2-11(16)3-5-12/h6-8,12H,2-5,9H2,1H3. The number of Topliss-reactive ketones (excluding diaryl/α,β-unsaturated/α-hetero) is 1. The number of halogens is 1. The van der Waals surface area contributed by atoms with Crippen LogP contribution in [0.4, 0.5) is 0 Å². The van der Waals surface area contributed by atoms with E-state index < -0.39 is 0 Å². The van der Waals surface area contributed by atoms with Crippen LogP contribution in [0.3, 0.4) is 0 Å². The lowest BCUT2D eigenvalue weighted by Gasteiger charge is -2.21. The van der Waals surface area contributed by atoms with Crippen LogP contribution in [0.5, 0.6) is 5.75 Å². The van der Waals surface area contributed by atoms with Gasteiger partial charge in [-0.2, -0.15) is 0 Å². The quantitative estimate of drug-likeness (QED) is 0.853. The van der Waals surface area contributed by atoms with E-state index in [0.717, 1.165) is 28.6 Å². The molecule has 0 radical (unpaired) electrons. The summed E-state index contributed by atoms with van der Waals surface area (Å²) < 4.78 is 12.1. The predicted octanol–water partition coefficient (Wildman–Crippen LogP) is 3.49. The molecular weight excluding hydrogens is 296 g/mol. The first kappa shape index (κ1) is 13.6. The Hall–Kier alpha value is -0.870. The molecule has 1 saturated carbocycles. The molecule has 0 atom stereocenters. The van der Waals surface area contributed by atoms with Gasteiger partial charge in [0.1, 0.15) is 11.5 Å². The van der Waals surface area contributed by atoms with Crippen LogP contribution >= 0.6 is 15.9 Å². The first-order valence-electron chi connectivity index (χ1n) is 6.15. The number of rotatable bonds is 4. The van der Waals surface area contributed by atoms with Gasteiger partial charge in [-0.15, -0.1) is 0 Å². The second kappa shape index (κ2) is 6.34. The molecule has 1 aromatic carbocycles. The summed E-state index contributed by atoms with van der Waals surface area (Å²) in [5.41, 5.74) is 1.08. The normalized spacial score (nSPS) is 16.9. The molecule has 18 heavy (non-hydrogen) atoms. The van der Waals surface area contributed by atoms with E-state index in [-0.39, 0.29) is 6.10 Å². The molecule has 0 amide bonds. The minimum Gasteiger partial charge on any atom is -0.497 e. The molecule has 3 nitrogen and oxygen atoms in total. The molecule has 98 valence electrons. The number of carbonyl (C=O) groups excluding carboxylic acids is 1. The van der Waals surface area contributed by atoms with E-state index >= 15 is 0 Å². The van der Waals surface area contributed by atoms with Gasteiger partial charge in [0, 0.05) is 17.3 Å². The molecule has 1 aromatic rings. The lowest BCUT2D eigenvalue weighted by molar-refractivity contribution is -0.123. The molecule has 0 saturated heterocycles. The third kappa shape index (κ3) is 3.56. The minimum atomic E-state index is 0.209. The van der Waals surface area contributed by atoms with Gasteiger partial charge in [0.15, 0.2) is 0 Å². The fourth-order valence-corrected chi connectivity index (χ4v) is 2.44. The van der Waals surface area contributed by atoms with Crippen molar-refractivity contribution in [1.82, 2.24) is 0 Å². The maximum Gasteiger partial charge on any atom is 0.133 e. The first-order chi connectivity index (χ1) is 8.69. The van der Waals surface area contributed by atoms with Gasteiger partial charge in [-0.05, 0) is 36.6 Å². The summed E-state index contributed by atoms with van der Waals surface area (Å²) in [6, 6.07) is 5.84. The number of carbonyl (C=O) groups is 1. The van der Waals surface area contributed by atoms with Crippen LogP contribution in [0.1, 0.15) is 31.2 Å². The average molecular weight is 313 g/mol. The molecule has 0 bridgehead atoms. The number of ether oxygens (including phenoxy) is 2. The van der Waals surface area contributed by atoms with Crippen molar-refractivity contribution in [2.45, 2.75) is 38.4 Å². The smallest absolute Gasteiger partial charge is 0.133 e. The van der Waals surface area contributed by atoms with E-state index in [1.807, 2.05) is 18.2 Å². The summed E-state index contributed by atoms with van der Waals surface area (Å²) in [7, 11) is 1.65. The SMILES string of the molecule is COc1ccc(Br)c(COC2CCC(=O)CC2)c1. The van der Waals surface area contributed by atoms with E-state index in [4.69, 9.17) is 9.47 Å². The van der Waals surface area contributed by atoms with Crippen LogP contribution in [-0.2, 0) is 16.1 Å². The molecule has 4 heteroatoms. The molecule has 0 N–H and O–H groups in total. The highest BCUT2D eigenvalue weighted by Crippen LogP contribution is 2.25. The van der Waals surface area contributed by atoms with Crippen LogP contribution < -0.4 is 4.74 Å². The molecule has 0 heterocycles. The van der Waals surface area contributed by atoms with Crippen LogP contribution in [0.2, 0.25) is 0 Å². The van der Waals surface area contributed by atoms with Crippen LogP contribution in [0.25, 0.3) is 0 Å². The fourth-order valence-electron chi connectivity index (χ4n) is 2.08. The predicted molar refractivity (Wildman–Crippen MR) is 72.7 cm³/mol. The maximum absolute atomic E-state index is 11.1. The highest BCUT2D eigenvalue weighted by atomic mass is 79.9. The van der Waals surface area contributed by atoms with Gasteiger partial charge in [-0.25, -0.2) is 0 Å². The Morgan fingerprint density at radius 3 is 2.72 bits per heavy atom. The summed E-state index contributed by atoms with van der Waals surface area (Å²) >= 11 is 3.50. The van der Waals surface area contributed by atoms with Crippen LogP contribution in [-0.4, -0.2) is 19.0 Å². The molecule has 1 aliphatic rings. The van der Waals surface area contributed by atoms with Gasteiger partial charge in [-0.3, -0.25) is 4.79 Å². The fraction of sp³-hybridized carbons (Fsp3) is 0.500. The Balaban J connectivity index is 1.91. The third-order valence-corrected chi connectivity index (χ3v) is 3.99. The zero-order chi connectivity index (χ0) is 13.0. The van der Waals surface area contributed by atoms with Gasteiger partial charge in [-0.1, -0.05) is 15.9 Å². The Kier molecular flexibility index (Phi) is 4.78. The molecule has 1 fully saturated rings. The highest BCUT2D eigenvalue weighted by molar-refractivity contribution is 9.10. The van der Waals surface area contributed by atoms with Crippen LogP contribution in [0, 0.1) is 0 Å². The van der Waals surface area contributed by atoms with Crippen molar-refractivity contribution in [2.24, 2.45) is 0 Å². The summed E-state index contributed by atoms with van der Waals surface area (Å²) in [6.45, 7) is 0.552. The molecule has 0 aliphatic heterocycles. The number of benzene rings is 1. The summed E-state index contributed by atoms with van der Waals surface area (Å²) in [6.07, 6.45) is 3.22. The topological polar surface area (TPSA) is 35.5 Å². The highest BCUT2D eigenvalue weighted by Gasteiger charge is 2.19. The van der Waals surface area contributed by atoms with Crippen molar-refractivity contribution in [3.05, 3.63) is 28.2 Å². The van der Waals surface area contributed by atoms with Crippen molar-refractivity contribution in [1.29, 1.82) is 0 Å².